The second-order valence-corrected chi connectivity index (χ2v) is 9.20. The molecule has 6 aromatic rings. The fraction of sp³-hybridized carbons (Fsp3) is 0.103. The van der Waals surface area contributed by atoms with Gasteiger partial charge in [-0.15, -0.1) is 0 Å². The van der Waals surface area contributed by atoms with Gasteiger partial charge in [-0.1, -0.05) is 18.2 Å². The first-order chi connectivity index (χ1) is 19.5. The highest BCUT2D eigenvalue weighted by atomic mass is 16.6. The molecule has 0 bridgehead atoms. The molecule has 0 radical (unpaired) electrons. The van der Waals surface area contributed by atoms with Crippen LogP contribution in [0.25, 0.3) is 27.9 Å². The van der Waals surface area contributed by atoms with E-state index in [4.69, 9.17) is 9.40 Å². The van der Waals surface area contributed by atoms with Gasteiger partial charge < -0.3 is 13.6 Å². The number of aromatic nitrogens is 5. The fourth-order valence-electron chi connectivity index (χ4n) is 4.79. The minimum Gasteiger partial charge on any atom is -0.440 e. The van der Waals surface area contributed by atoms with Crippen molar-refractivity contribution >= 4 is 29.0 Å². The number of pyridine rings is 1. The molecule has 1 atom stereocenters. The number of furan rings is 1. The summed E-state index contributed by atoms with van der Waals surface area (Å²) in [5.41, 5.74) is 3.94. The molecule has 0 aliphatic rings. The standard InChI is InChI=1S/C29H23N7O4/c1-33-26(20-5-7-23(8-6-20)34-13-12-30-18-34)17-32-29(33)25(16-22-4-2-3-11-31-22)35(19-37)28-15-21-14-24(36(38)39)9-10-27(21)40-28/h2-15,17-19,25H,16H2,1H3/t25-/m0/s1. The Bertz CT molecular complexity index is 1790. The van der Waals surface area contributed by atoms with Gasteiger partial charge in [-0.25, -0.2) is 9.97 Å². The molecule has 4 heterocycles. The predicted molar refractivity (Wildman–Crippen MR) is 148 cm³/mol. The Kier molecular flexibility index (Phi) is 6.37. The molecule has 1 amide bonds. The summed E-state index contributed by atoms with van der Waals surface area (Å²) < 4.78 is 9.85. The first-order valence-corrected chi connectivity index (χ1v) is 12.4. The summed E-state index contributed by atoms with van der Waals surface area (Å²) in [4.78, 5) is 38.1. The van der Waals surface area contributed by atoms with Crippen molar-refractivity contribution in [2.24, 2.45) is 7.05 Å². The molecule has 11 heteroatoms. The lowest BCUT2D eigenvalue weighted by molar-refractivity contribution is -0.384. The summed E-state index contributed by atoms with van der Waals surface area (Å²) in [6.07, 6.45) is 9.87. The van der Waals surface area contributed by atoms with E-state index < -0.39 is 11.0 Å². The van der Waals surface area contributed by atoms with Crippen molar-refractivity contribution in [3.8, 4) is 16.9 Å². The molecule has 40 heavy (non-hydrogen) atoms. The zero-order chi connectivity index (χ0) is 27.6. The van der Waals surface area contributed by atoms with Crippen molar-refractivity contribution in [2.75, 3.05) is 4.90 Å². The largest absolute Gasteiger partial charge is 0.440 e. The van der Waals surface area contributed by atoms with E-state index in [9.17, 15) is 14.9 Å². The Morgan fingerprint density at radius 1 is 1.07 bits per heavy atom. The van der Waals surface area contributed by atoms with Gasteiger partial charge in [0.25, 0.3) is 5.69 Å². The SMILES string of the molecule is Cn1c(-c2ccc(-n3ccnc3)cc2)cnc1[C@H](Cc1ccccn1)N(C=O)c1cc2cc([N+](=O)[O-])ccc2o1. The lowest BCUT2D eigenvalue weighted by atomic mass is 10.1. The van der Waals surface area contributed by atoms with Gasteiger partial charge in [0.2, 0.25) is 12.3 Å². The number of nitro benzene ring substituents is 1. The average molecular weight is 534 g/mol. The van der Waals surface area contributed by atoms with Crippen LogP contribution in [0.15, 0.2) is 102 Å². The predicted octanol–water partition coefficient (Wildman–Crippen LogP) is 5.27. The van der Waals surface area contributed by atoms with Gasteiger partial charge in [0, 0.05) is 67.0 Å². The van der Waals surface area contributed by atoms with Crippen molar-refractivity contribution < 1.29 is 14.1 Å². The Morgan fingerprint density at radius 2 is 1.93 bits per heavy atom. The molecular weight excluding hydrogens is 510 g/mol. The zero-order valence-electron chi connectivity index (χ0n) is 21.4. The Labute approximate surface area is 228 Å². The first-order valence-electron chi connectivity index (χ1n) is 12.4. The molecule has 0 aliphatic carbocycles. The first kappa shape index (κ1) is 24.7. The lowest BCUT2D eigenvalue weighted by Crippen LogP contribution is -2.31. The van der Waals surface area contributed by atoms with Crippen LogP contribution in [0.4, 0.5) is 11.6 Å². The van der Waals surface area contributed by atoms with Crippen LogP contribution in [-0.2, 0) is 18.3 Å². The second kappa shape index (κ2) is 10.3. The molecule has 6 rings (SSSR count). The zero-order valence-corrected chi connectivity index (χ0v) is 21.4. The van der Waals surface area contributed by atoms with E-state index in [-0.39, 0.29) is 11.6 Å². The van der Waals surface area contributed by atoms with Gasteiger partial charge in [-0.05, 0) is 35.9 Å². The average Bonchev–Trinajstić information content (AvgIpc) is 3.73. The summed E-state index contributed by atoms with van der Waals surface area (Å²) in [7, 11) is 1.90. The number of rotatable bonds is 9. The Hall–Kier alpha value is -5.58. The van der Waals surface area contributed by atoms with E-state index in [1.807, 2.05) is 64.8 Å². The minimum atomic E-state index is -0.577. The third-order valence-corrected chi connectivity index (χ3v) is 6.82. The van der Waals surface area contributed by atoms with E-state index in [2.05, 4.69) is 9.97 Å². The number of non-ortho nitro benzene ring substituents is 1. The van der Waals surface area contributed by atoms with Crippen molar-refractivity contribution in [1.82, 2.24) is 24.1 Å². The van der Waals surface area contributed by atoms with E-state index in [0.717, 1.165) is 22.6 Å². The third-order valence-electron chi connectivity index (χ3n) is 6.82. The highest BCUT2D eigenvalue weighted by Crippen LogP contribution is 2.35. The van der Waals surface area contributed by atoms with Crippen LogP contribution in [0.1, 0.15) is 17.6 Å². The van der Waals surface area contributed by atoms with E-state index in [0.29, 0.717) is 29.6 Å². The molecule has 198 valence electrons. The number of benzene rings is 2. The van der Waals surface area contributed by atoms with Crippen LogP contribution in [0.5, 0.6) is 0 Å². The van der Waals surface area contributed by atoms with Crippen molar-refractivity contribution in [1.29, 1.82) is 0 Å². The summed E-state index contributed by atoms with van der Waals surface area (Å²) in [6, 6.07) is 19.0. The minimum absolute atomic E-state index is 0.0599. The van der Waals surface area contributed by atoms with Gasteiger partial charge in [0.1, 0.15) is 17.4 Å². The van der Waals surface area contributed by atoms with E-state index in [1.165, 1.54) is 23.1 Å². The van der Waals surface area contributed by atoms with Crippen molar-refractivity contribution in [3.05, 3.63) is 119 Å². The number of anilines is 1. The smallest absolute Gasteiger partial charge is 0.270 e. The molecular formula is C29H23N7O4. The highest BCUT2D eigenvalue weighted by Gasteiger charge is 2.29. The molecule has 0 saturated carbocycles. The maximum atomic E-state index is 12.6. The molecule has 2 aromatic carbocycles. The van der Waals surface area contributed by atoms with Crippen LogP contribution in [0, 0.1) is 10.1 Å². The van der Waals surface area contributed by atoms with Gasteiger partial charge in [0.05, 0.1) is 23.1 Å². The van der Waals surface area contributed by atoms with Crippen LogP contribution >= 0.6 is 0 Å². The molecule has 0 unspecified atom stereocenters. The van der Waals surface area contributed by atoms with Crippen LogP contribution in [0.3, 0.4) is 0 Å². The van der Waals surface area contributed by atoms with Crippen molar-refractivity contribution in [3.63, 3.8) is 0 Å². The number of carbonyl (C=O) groups is 1. The van der Waals surface area contributed by atoms with E-state index >= 15 is 0 Å². The van der Waals surface area contributed by atoms with Crippen LogP contribution in [-0.4, -0.2) is 35.4 Å². The topological polar surface area (TPSA) is 125 Å². The number of imidazole rings is 2. The summed E-state index contributed by atoms with van der Waals surface area (Å²) in [5, 5.41) is 11.8. The number of amides is 1. The number of nitrogens with zero attached hydrogens (tertiary/aromatic N) is 7. The maximum Gasteiger partial charge on any atom is 0.270 e. The maximum absolute atomic E-state index is 12.6. The summed E-state index contributed by atoms with van der Waals surface area (Å²) >= 11 is 0. The number of hydrogen-bond acceptors (Lipinski definition) is 7. The fourth-order valence-corrected chi connectivity index (χ4v) is 4.79. The monoisotopic (exact) mass is 533 g/mol. The van der Waals surface area contributed by atoms with Crippen LogP contribution < -0.4 is 4.90 Å². The van der Waals surface area contributed by atoms with E-state index in [1.54, 1.807) is 31.0 Å². The third kappa shape index (κ3) is 4.60. The Balaban J connectivity index is 1.40. The second-order valence-electron chi connectivity index (χ2n) is 9.20. The number of nitro groups is 1. The normalized spacial score (nSPS) is 11.9. The molecule has 0 spiro atoms. The van der Waals surface area contributed by atoms with Crippen LogP contribution in [0.2, 0.25) is 0 Å². The van der Waals surface area contributed by atoms with Gasteiger partial charge in [-0.3, -0.25) is 24.8 Å². The number of carbonyl (C=O) groups excluding carboxylic acids is 1. The highest BCUT2D eigenvalue weighted by molar-refractivity contribution is 5.86. The quantitative estimate of drug-likeness (QED) is 0.141. The number of fused-ring (bicyclic) bond motifs is 1. The molecule has 0 fully saturated rings. The van der Waals surface area contributed by atoms with Gasteiger partial charge in [0.15, 0.2) is 0 Å². The molecule has 0 saturated heterocycles. The van der Waals surface area contributed by atoms with Gasteiger partial charge in [-0.2, -0.15) is 0 Å². The molecule has 4 aromatic heterocycles. The number of hydrogen-bond donors (Lipinski definition) is 0. The van der Waals surface area contributed by atoms with Crippen molar-refractivity contribution in [2.45, 2.75) is 12.5 Å². The summed E-state index contributed by atoms with van der Waals surface area (Å²) in [5.74, 6) is 0.874. The molecule has 0 aliphatic heterocycles. The van der Waals surface area contributed by atoms with Gasteiger partial charge >= 0.3 is 0 Å². The molecule has 11 nitrogen and oxygen atoms in total. The molecule has 0 N–H and O–H groups in total. The lowest BCUT2D eigenvalue weighted by Gasteiger charge is -2.26. The summed E-state index contributed by atoms with van der Waals surface area (Å²) in [6.45, 7) is 0. The Morgan fingerprint density at radius 3 is 2.62 bits per heavy atom.